The van der Waals surface area contributed by atoms with Crippen molar-refractivity contribution in [2.45, 2.75) is 13.8 Å². The number of Topliss-reactive ketones (excluding diaryl/α,β-unsaturated/α-hetero) is 1. The molecule has 1 aliphatic heterocycles. The van der Waals surface area contributed by atoms with Gasteiger partial charge in [0.2, 0.25) is 0 Å². The molecule has 0 N–H and O–H groups in total. The molecule has 2 nitrogen and oxygen atoms in total. The quantitative estimate of drug-likeness (QED) is 0.511. The molecule has 9 heavy (non-hydrogen) atoms. The molecule has 0 aromatic carbocycles. The maximum atomic E-state index is 10.6. The molecule has 1 rings (SSSR count). The van der Waals surface area contributed by atoms with Crippen molar-refractivity contribution in [3.63, 3.8) is 0 Å². The normalized spacial score (nSPS) is 17.1. The van der Waals surface area contributed by atoms with Gasteiger partial charge < -0.3 is 0 Å². The Labute approximate surface area is 54.3 Å². The summed E-state index contributed by atoms with van der Waals surface area (Å²) in [6, 6.07) is 0. The molecular formula is C7H9NO. The molecule has 48 valence electrons. The van der Waals surface area contributed by atoms with E-state index in [1.165, 1.54) is 12.5 Å². The maximum absolute atomic E-state index is 10.6. The topological polar surface area (TPSA) is 29.4 Å². The van der Waals surface area contributed by atoms with Crippen LogP contribution in [0.5, 0.6) is 0 Å². The van der Waals surface area contributed by atoms with Gasteiger partial charge in [-0.1, -0.05) is 0 Å². The van der Waals surface area contributed by atoms with Gasteiger partial charge >= 0.3 is 0 Å². The van der Waals surface area contributed by atoms with E-state index in [0.717, 1.165) is 0 Å². The number of hydrogen-bond acceptors (Lipinski definition) is 2. The molecule has 0 aromatic rings. The molecule has 0 saturated carbocycles. The lowest BCUT2D eigenvalue weighted by molar-refractivity contribution is -0.111. The third-order valence-electron chi connectivity index (χ3n) is 1.24. The van der Waals surface area contributed by atoms with Crippen molar-refractivity contribution in [3.05, 3.63) is 11.6 Å². The van der Waals surface area contributed by atoms with Crippen LogP contribution in [-0.4, -0.2) is 18.0 Å². The van der Waals surface area contributed by atoms with Crippen LogP contribution < -0.4 is 0 Å². The van der Waals surface area contributed by atoms with Gasteiger partial charge in [0.05, 0.1) is 6.54 Å². The first-order chi connectivity index (χ1) is 4.20. The van der Waals surface area contributed by atoms with Gasteiger partial charge in [0, 0.05) is 6.92 Å². The number of ketones is 1. The monoisotopic (exact) mass is 123 g/mol. The molecule has 0 unspecified atom stereocenters. The van der Waals surface area contributed by atoms with Crippen LogP contribution in [0, 0.1) is 0 Å². The Bertz CT molecular complexity index is 201. The molecule has 2 heteroatoms. The summed E-state index contributed by atoms with van der Waals surface area (Å²) in [6.07, 6.45) is 1.84. The molecule has 0 spiro atoms. The van der Waals surface area contributed by atoms with Crippen LogP contribution in [-0.2, 0) is 4.79 Å². The van der Waals surface area contributed by atoms with Crippen molar-refractivity contribution in [1.82, 2.24) is 0 Å². The van der Waals surface area contributed by atoms with Crippen LogP contribution >= 0.6 is 0 Å². The van der Waals surface area contributed by atoms with Crippen LogP contribution in [0.2, 0.25) is 0 Å². The minimum Gasteiger partial charge on any atom is -0.293 e. The average molecular weight is 123 g/mol. The zero-order valence-corrected chi connectivity index (χ0v) is 5.64. The smallest absolute Gasteiger partial charge is 0.177 e. The van der Waals surface area contributed by atoms with E-state index in [9.17, 15) is 4.79 Å². The highest BCUT2D eigenvalue weighted by molar-refractivity contribution is 6.44. The maximum Gasteiger partial charge on any atom is 0.177 e. The van der Waals surface area contributed by atoms with Gasteiger partial charge in [-0.3, -0.25) is 9.79 Å². The average Bonchev–Trinajstić information content (AvgIpc) is 2.14. The Balaban J connectivity index is 2.75. The Morgan fingerprint density at radius 2 is 2.44 bits per heavy atom. The summed E-state index contributed by atoms with van der Waals surface area (Å²) in [5.41, 5.74) is 1.78. The van der Waals surface area contributed by atoms with Gasteiger partial charge in [0.15, 0.2) is 5.78 Å². The van der Waals surface area contributed by atoms with Gasteiger partial charge in [0.25, 0.3) is 0 Å². The molecule has 0 aliphatic carbocycles. The summed E-state index contributed by atoms with van der Waals surface area (Å²) in [6.45, 7) is 4.21. The number of carbonyl (C=O) groups is 1. The van der Waals surface area contributed by atoms with Crippen LogP contribution in [0.25, 0.3) is 0 Å². The minimum atomic E-state index is 0.0619. The van der Waals surface area contributed by atoms with Crippen molar-refractivity contribution < 1.29 is 4.79 Å². The SMILES string of the molecule is CC(=O)C1=NCC(C)=C1. The first-order valence-electron chi connectivity index (χ1n) is 2.92. The van der Waals surface area contributed by atoms with Crippen molar-refractivity contribution in [2.75, 3.05) is 6.54 Å². The second-order valence-electron chi connectivity index (χ2n) is 2.25. The number of allylic oxidation sites excluding steroid dienone is 1. The van der Waals surface area contributed by atoms with E-state index in [2.05, 4.69) is 4.99 Å². The summed E-state index contributed by atoms with van der Waals surface area (Å²) in [5.74, 6) is 0.0619. The summed E-state index contributed by atoms with van der Waals surface area (Å²) >= 11 is 0. The summed E-state index contributed by atoms with van der Waals surface area (Å²) in [7, 11) is 0. The van der Waals surface area contributed by atoms with Gasteiger partial charge in [-0.2, -0.15) is 0 Å². The number of hydrogen-bond donors (Lipinski definition) is 0. The third-order valence-corrected chi connectivity index (χ3v) is 1.24. The Kier molecular flexibility index (Phi) is 1.47. The van der Waals surface area contributed by atoms with Crippen molar-refractivity contribution in [3.8, 4) is 0 Å². The standard InChI is InChI=1S/C7H9NO/c1-5-3-7(6(2)9)8-4-5/h3H,4H2,1-2H3. The molecule has 0 saturated heterocycles. The highest BCUT2D eigenvalue weighted by Gasteiger charge is 2.07. The summed E-state index contributed by atoms with van der Waals surface area (Å²) < 4.78 is 0. The van der Waals surface area contributed by atoms with E-state index in [1.807, 2.05) is 13.0 Å². The molecule has 0 fully saturated rings. The highest BCUT2D eigenvalue weighted by atomic mass is 16.1. The lowest BCUT2D eigenvalue weighted by Gasteiger charge is -1.83. The van der Waals surface area contributed by atoms with E-state index >= 15 is 0 Å². The Hall–Kier alpha value is -0.920. The van der Waals surface area contributed by atoms with Crippen LogP contribution in [0.15, 0.2) is 16.6 Å². The molecule has 1 aliphatic rings. The van der Waals surface area contributed by atoms with Gasteiger partial charge in [0.1, 0.15) is 5.71 Å². The predicted molar refractivity (Wildman–Crippen MR) is 36.7 cm³/mol. The first-order valence-corrected chi connectivity index (χ1v) is 2.92. The fourth-order valence-corrected chi connectivity index (χ4v) is 0.748. The number of carbonyl (C=O) groups excluding carboxylic acids is 1. The van der Waals surface area contributed by atoms with E-state index in [1.54, 1.807) is 0 Å². The summed E-state index contributed by atoms with van der Waals surface area (Å²) in [5, 5.41) is 0. The minimum absolute atomic E-state index is 0.0619. The van der Waals surface area contributed by atoms with E-state index in [4.69, 9.17) is 0 Å². The van der Waals surface area contributed by atoms with Crippen molar-refractivity contribution in [1.29, 1.82) is 0 Å². The van der Waals surface area contributed by atoms with Gasteiger partial charge in [-0.25, -0.2) is 0 Å². The van der Waals surface area contributed by atoms with E-state index in [-0.39, 0.29) is 5.78 Å². The predicted octanol–water partition coefficient (Wildman–Crippen LogP) is 0.976. The summed E-state index contributed by atoms with van der Waals surface area (Å²) in [4.78, 5) is 14.6. The first kappa shape index (κ1) is 6.20. The molecular weight excluding hydrogens is 114 g/mol. The lowest BCUT2D eigenvalue weighted by Crippen LogP contribution is -2.03. The zero-order valence-electron chi connectivity index (χ0n) is 5.64. The molecule has 0 amide bonds. The number of nitrogens with zero attached hydrogens (tertiary/aromatic N) is 1. The Morgan fingerprint density at radius 1 is 1.78 bits per heavy atom. The van der Waals surface area contributed by atoms with Crippen molar-refractivity contribution in [2.24, 2.45) is 4.99 Å². The van der Waals surface area contributed by atoms with Crippen molar-refractivity contribution >= 4 is 11.5 Å². The Morgan fingerprint density at radius 3 is 2.67 bits per heavy atom. The second kappa shape index (κ2) is 2.13. The van der Waals surface area contributed by atoms with Crippen LogP contribution in [0.4, 0.5) is 0 Å². The molecule has 0 bridgehead atoms. The van der Waals surface area contributed by atoms with E-state index in [0.29, 0.717) is 12.3 Å². The zero-order chi connectivity index (χ0) is 6.85. The largest absolute Gasteiger partial charge is 0.293 e. The molecule has 0 radical (unpaired) electrons. The molecule has 0 aromatic heterocycles. The van der Waals surface area contributed by atoms with E-state index < -0.39 is 0 Å². The number of rotatable bonds is 1. The van der Waals surface area contributed by atoms with Gasteiger partial charge in [-0.05, 0) is 18.6 Å². The number of aliphatic imine (C=N–C) groups is 1. The van der Waals surface area contributed by atoms with Crippen LogP contribution in [0.3, 0.4) is 0 Å². The second-order valence-corrected chi connectivity index (χ2v) is 2.25. The fraction of sp³-hybridized carbons (Fsp3) is 0.429. The van der Waals surface area contributed by atoms with Crippen LogP contribution in [0.1, 0.15) is 13.8 Å². The third kappa shape index (κ3) is 1.25. The molecule has 0 atom stereocenters. The lowest BCUT2D eigenvalue weighted by atomic mass is 10.2. The highest BCUT2D eigenvalue weighted by Crippen LogP contribution is 2.03. The van der Waals surface area contributed by atoms with Gasteiger partial charge in [-0.15, -0.1) is 0 Å². The molecule has 1 heterocycles. The fourth-order valence-electron chi connectivity index (χ4n) is 0.748.